The van der Waals surface area contributed by atoms with Crippen molar-refractivity contribution >= 4 is 11.6 Å². The average Bonchev–Trinajstić information content (AvgIpc) is 2.54. The highest BCUT2D eigenvalue weighted by atomic mass is 16.6. The molecule has 0 radical (unpaired) electrons. The molecule has 126 valence electrons. The van der Waals surface area contributed by atoms with Crippen LogP contribution >= 0.6 is 0 Å². The maximum atomic E-state index is 12.6. The number of nitro groups is 1. The number of likely N-dealkylation sites (tertiary alicyclic amines) is 1. The van der Waals surface area contributed by atoms with Crippen LogP contribution < -0.4 is 10.5 Å². The summed E-state index contributed by atoms with van der Waals surface area (Å²) in [5, 5.41) is 11.2. The Morgan fingerprint density at radius 1 is 1.48 bits per heavy atom. The molecule has 1 atom stereocenters. The number of hydrogen-bond donors (Lipinski definition) is 1. The van der Waals surface area contributed by atoms with Crippen molar-refractivity contribution in [1.82, 2.24) is 4.90 Å². The molecule has 2 N–H and O–H groups in total. The summed E-state index contributed by atoms with van der Waals surface area (Å²) in [5.74, 6) is 0.428. The van der Waals surface area contributed by atoms with Gasteiger partial charge >= 0.3 is 5.69 Å². The van der Waals surface area contributed by atoms with E-state index < -0.39 is 4.92 Å². The van der Waals surface area contributed by atoms with Gasteiger partial charge in [0.15, 0.2) is 5.75 Å². The van der Waals surface area contributed by atoms with Crippen molar-refractivity contribution < 1.29 is 14.5 Å². The van der Waals surface area contributed by atoms with Crippen molar-refractivity contribution in [3.8, 4) is 5.75 Å². The lowest BCUT2D eigenvalue weighted by Gasteiger charge is -2.33. The van der Waals surface area contributed by atoms with Crippen molar-refractivity contribution in [3.05, 3.63) is 33.9 Å². The number of ether oxygens (including phenoxy) is 1. The fourth-order valence-corrected chi connectivity index (χ4v) is 2.88. The zero-order valence-corrected chi connectivity index (χ0v) is 13.5. The monoisotopic (exact) mass is 321 g/mol. The third-order valence-corrected chi connectivity index (χ3v) is 4.27. The largest absolute Gasteiger partial charge is 0.487 e. The number of carbonyl (C=O) groups excluding carboxylic acids is 1. The molecule has 1 saturated heterocycles. The second-order valence-corrected chi connectivity index (χ2v) is 5.86. The normalized spacial score (nSPS) is 16.9. The molecule has 1 aliphatic heterocycles. The molecule has 1 aromatic carbocycles. The van der Waals surface area contributed by atoms with E-state index in [-0.39, 0.29) is 23.4 Å². The number of benzene rings is 1. The van der Waals surface area contributed by atoms with Crippen LogP contribution in [0, 0.1) is 16.0 Å². The molecule has 2 rings (SSSR count). The predicted molar refractivity (Wildman–Crippen MR) is 86.5 cm³/mol. The van der Waals surface area contributed by atoms with E-state index in [2.05, 4.69) is 0 Å². The molecule has 23 heavy (non-hydrogen) atoms. The molecule has 1 aromatic rings. The first-order chi connectivity index (χ1) is 10.9. The van der Waals surface area contributed by atoms with Gasteiger partial charge in [-0.3, -0.25) is 14.9 Å². The molecule has 0 spiro atoms. The van der Waals surface area contributed by atoms with E-state index in [4.69, 9.17) is 10.5 Å². The minimum atomic E-state index is -0.524. The summed E-state index contributed by atoms with van der Waals surface area (Å²) in [6.45, 7) is 5.33. The third kappa shape index (κ3) is 3.98. The zero-order chi connectivity index (χ0) is 17.0. The molecule has 1 unspecified atom stereocenters. The van der Waals surface area contributed by atoms with Crippen molar-refractivity contribution in [2.24, 2.45) is 11.7 Å². The minimum Gasteiger partial charge on any atom is -0.487 e. The van der Waals surface area contributed by atoms with Crippen LogP contribution in [0.5, 0.6) is 5.75 Å². The second-order valence-electron chi connectivity index (χ2n) is 5.86. The summed E-state index contributed by atoms with van der Waals surface area (Å²) in [4.78, 5) is 24.9. The van der Waals surface area contributed by atoms with E-state index >= 15 is 0 Å². The van der Waals surface area contributed by atoms with Gasteiger partial charge in [0.2, 0.25) is 0 Å². The fourth-order valence-electron chi connectivity index (χ4n) is 2.88. The van der Waals surface area contributed by atoms with Crippen molar-refractivity contribution in [1.29, 1.82) is 0 Å². The molecule has 1 aliphatic rings. The van der Waals surface area contributed by atoms with Crippen LogP contribution in [0.15, 0.2) is 18.2 Å². The number of hydrogen-bond acceptors (Lipinski definition) is 5. The van der Waals surface area contributed by atoms with Crippen LogP contribution in [0.1, 0.15) is 37.0 Å². The summed E-state index contributed by atoms with van der Waals surface area (Å²) in [6.07, 6.45) is 1.73. The van der Waals surface area contributed by atoms with Gasteiger partial charge in [0.1, 0.15) is 0 Å². The SMILES string of the molecule is CCOc1ccc(C(=O)N2CCC(C(C)N)CC2)cc1[N+](=O)[O-]. The Balaban J connectivity index is 2.14. The summed E-state index contributed by atoms with van der Waals surface area (Å²) in [7, 11) is 0. The number of carbonyl (C=O) groups is 1. The lowest BCUT2D eigenvalue weighted by atomic mass is 9.90. The van der Waals surface area contributed by atoms with Crippen LogP contribution in [-0.2, 0) is 0 Å². The molecule has 0 aliphatic carbocycles. The number of rotatable bonds is 5. The van der Waals surface area contributed by atoms with Gasteiger partial charge in [-0.15, -0.1) is 0 Å². The quantitative estimate of drug-likeness (QED) is 0.662. The van der Waals surface area contributed by atoms with Crippen LogP contribution in [0.2, 0.25) is 0 Å². The van der Waals surface area contributed by atoms with Gasteiger partial charge < -0.3 is 15.4 Å². The van der Waals surface area contributed by atoms with Crippen LogP contribution in [-0.4, -0.2) is 41.5 Å². The van der Waals surface area contributed by atoms with E-state index in [9.17, 15) is 14.9 Å². The topological polar surface area (TPSA) is 98.7 Å². The van der Waals surface area contributed by atoms with Crippen molar-refractivity contribution in [3.63, 3.8) is 0 Å². The van der Waals surface area contributed by atoms with Gasteiger partial charge in [-0.1, -0.05) is 0 Å². The van der Waals surface area contributed by atoms with Gasteiger partial charge in [-0.25, -0.2) is 0 Å². The maximum Gasteiger partial charge on any atom is 0.311 e. The Morgan fingerprint density at radius 2 is 2.13 bits per heavy atom. The Bertz CT molecular complexity index is 581. The Labute approximate surface area is 135 Å². The summed E-state index contributed by atoms with van der Waals surface area (Å²) in [6, 6.07) is 4.49. The molecule has 1 heterocycles. The number of nitrogens with two attached hydrogens (primary N) is 1. The Morgan fingerprint density at radius 3 is 2.65 bits per heavy atom. The molecule has 0 bridgehead atoms. The molecule has 1 amide bonds. The highest BCUT2D eigenvalue weighted by molar-refractivity contribution is 5.95. The van der Waals surface area contributed by atoms with Crippen LogP contribution in [0.3, 0.4) is 0 Å². The molecular formula is C16H23N3O4. The number of piperidine rings is 1. The van der Waals surface area contributed by atoms with Gasteiger partial charge in [0.05, 0.1) is 11.5 Å². The van der Waals surface area contributed by atoms with Gasteiger partial charge in [-0.05, 0) is 44.7 Å². The Kier molecular flexibility index (Phi) is 5.54. The lowest BCUT2D eigenvalue weighted by molar-refractivity contribution is -0.385. The van der Waals surface area contributed by atoms with E-state index in [0.717, 1.165) is 12.8 Å². The standard InChI is InChI=1S/C16H23N3O4/c1-3-23-15-5-4-13(10-14(15)19(21)22)16(20)18-8-6-12(7-9-18)11(2)17/h4-5,10-12H,3,6-9,17H2,1-2H3. The number of nitrogens with zero attached hydrogens (tertiary/aromatic N) is 2. The second kappa shape index (κ2) is 7.41. The van der Waals surface area contributed by atoms with Gasteiger partial charge in [-0.2, -0.15) is 0 Å². The fraction of sp³-hybridized carbons (Fsp3) is 0.562. The highest BCUT2D eigenvalue weighted by Gasteiger charge is 2.27. The minimum absolute atomic E-state index is 0.124. The van der Waals surface area contributed by atoms with E-state index in [1.807, 2.05) is 6.92 Å². The van der Waals surface area contributed by atoms with Gasteiger partial charge in [0.25, 0.3) is 5.91 Å². The first kappa shape index (κ1) is 17.2. The third-order valence-electron chi connectivity index (χ3n) is 4.27. The van der Waals surface area contributed by atoms with Crippen molar-refractivity contribution in [2.45, 2.75) is 32.7 Å². The van der Waals surface area contributed by atoms with Crippen LogP contribution in [0.4, 0.5) is 5.69 Å². The molecule has 0 saturated carbocycles. The lowest BCUT2D eigenvalue weighted by Crippen LogP contribution is -2.42. The zero-order valence-electron chi connectivity index (χ0n) is 13.5. The first-order valence-electron chi connectivity index (χ1n) is 7.90. The number of nitro benzene ring substituents is 1. The predicted octanol–water partition coefficient (Wildman–Crippen LogP) is 2.19. The van der Waals surface area contributed by atoms with Crippen molar-refractivity contribution in [2.75, 3.05) is 19.7 Å². The maximum absolute atomic E-state index is 12.6. The molecule has 7 heteroatoms. The molecule has 1 fully saturated rings. The van der Waals surface area contributed by atoms with E-state index in [1.165, 1.54) is 12.1 Å². The smallest absolute Gasteiger partial charge is 0.311 e. The van der Waals surface area contributed by atoms with Crippen LogP contribution in [0.25, 0.3) is 0 Å². The first-order valence-corrected chi connectivity index (χ1v) is 7.90. The van der Waals surface area contributed by atoms with E-state index in [1.54, 1.807) is 17.9 Å². The van der Waals surface area contributed by atoms with Gasteiger partial charge in [0, 0.05) is 30.8 Å². The molecule has 7 nitrogen and oxygen atoms in total. The summed E-state index contributed by atoms with van der Waals surface area (Å²) < 4.78 is 5.24. The highest BCUT2D eigenvalue weighted by Crippen LogP contribution is 2.29. The van der Waals surface area contributed by atoms with E-state index in [0.29, 0.717) is 31.2 Å². The average molecular weight is 321 g/mol. The summed E-state index contributed by atoms with van der Waals surface area (Å²) >= 11 is 0. The summed E-state index contributed by atoms with van der Waals surface area (Å²) in [5.41, 5.74) is 6.05. The Hall–Kier alpha value is -2.15. The number of amides is 1. The molecule has 0 aromatic heterocycles. The molecular weight excluding hydrogens is 298 g/mol.